The van der Waals surface area contributed by atoms with Crippen molar-refractivity contribution in [1.29, 1.82) is 0 Å². The van der Waals surface area contributed by atoms with Crippen molar-refractivity contribution < 1.29 is 22.4 Å². The number of carbonyl (C=O) groups is 1. The van der Waals surface area contributed by atoms with Gasteiger partial charge in [-0.1, -0.05) is 26.8 Å². The monoisotopic (exact) mass is 419 g/mol. The number of furan rings is 1. The molecule has 3 rings (SSSR count). The van der Waals surface area contributed by atoms with Gasteiger partial charge in [0.2, 0.25) is 0 Å². The van der Waals surface area contributed by atoms with Crippen LogP contribution in [0.2, 0.25) is 0 Å². The normalized spacial score (nSPS) is 12.0. The molecule has 2 heterocycles. The Hall–Kier alpha value is -2.58. The molecule has 3 aromatic rings. The van der Waals surface area contributed by atoms with Crippen molar-refractivity contribution in [2.75, 3.05) is 11.8 Å². The summed E-state index contributed by atoms with van der Waals surface area (Å²) in [7, 11) is -2.71. The Labute approximate surface area is 168 Å². The lowest BCUT2D eigenvalue weighted by Gasteiger charge is -2.21. The third-order valence-electron chi connectivity index (χ3n) is 4.25. The molecule has 2 aromatic heterocycles. The van der Waals surface area contributed by atoms with E-state index in [-0.39, 0.29) is 20.9 Å². The molecule has 0 spiro atoms. The van der Waals surface area contributed by atoms with Gasteiger partial charge in [-0.25, -0.2) is 13.2 Å². The molecule has 0 saturated carbocycles. The predicted octanol–water partition coefficient (Wildman–Crippen LogP) is 4.89. The summed E-state index contributed by atoms with van der Waals surface area (Å²) >= 11 is 1.11. The number of benzene rings is 1. The van der Waals surface area contributed by atoms with Gasteiger partial charge in [0.1, 0.15) is 4.88 Å². The first-order chi connectivity index (χ1) is 13.1. The zero-order valence-electron chi connectivity index (χ0n) is 16.0. The van der Waals surface area contributed by atoms with Crippen molar-refractivity contribution in [3.63, 3.8) is 0 Å². The summed E-state index contributed by atoms with van der Waals surface area (Å²) in [4.78, 5) is 12.2. The lowest BCUT2D eigenvalue weighted by molar-refractivity contribution is 0.0607. The minimum atomic E-state index is -3.96. The molecule has 0 bridgehead atoms. The second kappa shape index (κ2) is 7.44. The Kier molecular flexibility index (Phi) is 5.36. The largest absolute Gasteiger partial charge is 0.472 e. The van der Waals surface area contributed by atoms with E-state index in [2.05, 4.69) is 25.5 Å². The molecule has 1 aromatic carbocycles. The van der Waals surface area contributed by atoms with E-state index < -0.39 is 16.0 Å². The molecule has 0 aliphatic rings. The highest BCUT2D eigenvalue weighted by Gasteiger charge is 2.25. The molecular formula is C20H21NO5S2. The van der Waals surface area contributed by atoms with E-state index in [0.29, 0.717) is 11.1 Å². The van der Waals surface area contributed by atoms with Gasteiger partial charge in [0.15, 0.2) is 0 Å². The van der Waals surface area contributed by atoms with E-state index in [1.54, 1.807) is 23.6 Å². The van der Waals surface area contributed by atoms with Gasteiger partial charge in [-0.15, -0.1) is 11.3 Å². The van der Waals surface area contributed by atoms with Crippen molar-refractivity contribution in [2.45, 2.75) is 31.1 Å². The molecule has 0 atom stereocenters. The molecule has 0 fully saturated rings. The summed E-state index contributed by atoms with van der Waals surface area (Å²) in [6.45, 7) is 6.17. The first-order valence-corrected chi connectivity index (χ1v) is 10.9. The van der Waals surface area contributed by atoms with E-state index in [1.165, 1.54) is 25.7 Å². The summed E-state index contributed by atoms with van der Waals surface area (Å²) in [6.07, 6.45) is 3.00. The maximum Gasteiger partial charge on any atom is 0.350 e. The molecule has 148 valence electrons. The van der Waals surface area contributed by atoms with Gasteiger partial charge < -0.3 is 9.15 Å². The van der Waals surface area contributed by atoms with Crippen LogP contribution in [-0.4, -0.2) is 21.5 Å². The number of carbonyl (C=O) groups excluding carboxylic acids is 1. The first-order valence-electron chi connectivity index (χ1n) is 8.49. The lowest BCUT2D eigenvalue weighted by atomic mass is 9.85. The second-order valence-electron chi connectivity index (χ2n) is 7.23. The third kappa shape index (κ3) is 3.98. The Morgan fingerprint density at radius 3 is 2.54 bits per heavy atom. The lowest BCUT2D eigenvalue weighted by Crippen LogP contribution is -2.17. The van der Waals surface area contributed by atoms with E-state index in [4.69, 9.17) is 9.15 Å². The minimum absolute atomic E-state index is 0.101. The van der Waals surface area contributed by atoms with Crippen molar-refractivity contribution in [3.05, 3.63) is 58.7 Å². The molecule has 0 saturated heterocycles. The summed E-state index contributed by atoms with van der Waals surface area (Å²) in [5.41, 5.74) is 2.22. The van der Waals surface area contributed by atoms with Gasteiger partial charge in [-0.05, 0) is 40.6 Å². The van der Waals surface area contributed by atoms with Gasteiger partial charge in [0, 0.05) is 11.1 Å². The number of thiophene rings is 1. The maximum absolute atomic E-state index is 13.2. The average molecular weight is 420 g/mol. The van der Waals surface area contributed by atoms with Crippen molar-refractivity contribution in [3.8, 4) is 11.1 Å². The molecule has 0 radical (unpaired) electrons. The fourth-order valence-electron chi connectivity index (χ4n) is 2.71. The van der Waals surface area contributed by atoms with Gasteiger partial charge in [-0.2, -0.15) is 0 Å². The Morgan fingerprint density at radius 2 is 1.93 bits per heavy atom. The van der Waals surface area contributed by atoms with Crippen LogP contribution in [0, 0.1) is 0 Å². The highest BCUT2D eigenvalue weighted by molar-refractivity contribution is 7.92. The molecule has 28 heavy (non-hydrogen) atoms. The van der Waals surface area contributed by atoms with Gasteiger partial charge in [0.25, 0.3) is 10.0 Å². The van der Waals surface area contributed by atoms with Gasteiger partial charge >= 0.3 is 5.97 Å². The second-order valence-corrected chi connectivity index (χ2v) is 9.80. The quantitative estimate of drug-likeness (QED) is 0.595. The molecule has 6 nitrogen and oxygen atoms in total. The molecule has 0 amide bonds. The van der Waals surface area contributed by atoms with Crippen LogP contribution in [0.3, 0.4) is 0 Å². The number of anilines is 1. The maximum atomic E-state index is 13.2. The minimum Gasteiger partial charge on any atom is -0.472 e. The highest BCUT2D eigenvalue weighted by Crippen LogP contribution is 2.35. The highest BCUT2D eigenvalue weighted by atomic mass is 32.2. The van der Waals surface area contributed by atoms with Crippen LogP contribution in [0.1, 0.15) is 36.0 Å². The van der Waals surface area contributed by atoms with E-state index >= 15 is 0 Å². The molecule has 8 heteroatoms. The number of hydrogen-bond acceptors (Lipinski definition) is 6. The number of nitrogens with one attached hydrogen (secondary N) is 1. The summed E-state index contributed by atoms with van der Waals surface area (Å²) in [5, 5.41) is 1.63. The van der Waals surface area contributed by atoms with Crippen LogP contribution in [-0.2, 0) is 20.2 Å². The summed E-state index contributed by atoms with van der Waals surface area (Å²) in [5.74, 6) is -0.592. The van der Waals surface area contributed by atoms with Crippen LogP contribution in [0.5, 0.6) is 0 Å². The number of methoxy groups -OCH3 is 1. The Bertz CT molecular complexity index is 1090. The van der Waals surface area contributed by atoms with E-state index in [9.17, 15) is 13.2 Å². The zero-order valence-corrected chi connectivity index (χ0v) is 17.6. The molecule has 0 unspecified atom stereocenters. The van der Waals surface area contributed by atoms with Crippen LogP contribution in [0.15, 0.2) is 57.6 Å². The number of sulfonamides is 1. The fourth-order valence-corrected chi connectivity index (χ4v) is 4.83. The van der Waals surface area contributed by atoms with Crippen LogP contribution >= 0.6 is 11.3 Å². The third-order valence-corrected chi connectivity index (χ3v) is 6.57. The predicted molar refractivity (Wildman–Crippen MR) is 109 cm³/mol. The van der Waals surface area contributed by atoms with E-state index in [1.807, 2.05) is 6.07 Å². The number of hydrogen-bond donors (Lipinski definition) is 1. The summed E-state index contributed by atoms with van der Waals surface area (Å²) < 4.78 is 38.7. The Balaban J connectivity index is 2.10. The summed E-state index contributed by atoms with van der Waals surface area (Å²) in [6, 6.07) is 8.48. The molecular weight excluding hydrogens is 398 g/mol. The number of rotatable bonds is 5. The van der Waals surface area contributed by atoms with Crippen molar-refractivity contribution in [1.82, 2.24) is 0 Å². The fraction of sp³-hybridized carbons (Fsp3) is 0.250. The molecule has 1 N–H and O–H groups in total. The number of ether oxygens (including phenoxy) is 1. The Morgan fingerprint density at radius 1 is 1.18 bits per heavy atom. The standard InChI is InChI=1S/C20H21NO5S2/c1-20(2,3)14-5-6-17(15(11-14)13-7-9-26-12-13)28(23,24)21-16-8-10-27-18(16)19(22)25-4/h5-12,21H,1-4H3. The smallest absolute Gasteiger partial charge is 0.350 e. The SMILES string of the molecule is COC(=O)c1sccc1NS(=O)(=O)c1ccc(C(C)(C)C)cc1-c1ccoc1. The topological polar surface area (TPSA) is 85.6 Å². The van der Waals surface area contributed by atoms with Gasteiger partial charge in [-0.3, -0.25) is 4.72 Å². The first kappa shape index (κ1) is 20.2. The van der Waals surface area contributed by atoms with Crippen LogP contribution in [0.25, 0.3) is 11.1 Å². The van der Waals surface area contributed by atoms with Crippen molar-refractivity contribution in [2.24, 2.45) is 0 Å². The molecule has 0 aliphatic heterocycles. The van der Waals surface area contributed by atoms with Crippen LogP contribution < -0.4 is 4.72 Å². The van der Waals surface area contributed by atoms with E-state index in [0.717, 1.165) is 16.9 Å². The van der Waals surface area contributed by atoms with Gasteiger partial charge in [0.05, 0.1) is 30.2 Å². The number of esters is 1. The average Bonchev–Trinajstić information content (AvgIpc) is 3.31. The van der Waals surface area contributed by atoms with Crippen LogP contribution in [0.4, 0.5) is 5.69 Å². The van der Waals surface area contributed by atoms with Crippen molar-refractivity contribution >= 4 is 33.0 Å². The zero-order chi connectivity index (χ0) is 20.5. The molecule has 0 aliphatic carbocycles.